The maximum Gasteiger partial charge on any atom is 0.266 e. The van der Waals surface area contributed by atoms with Gasteiger partial charge in [-0.15, -0.1) is 11.3 Å². The van der Waals surface area contributed by atoms with E-state index >= 15 is 0 Å². The fourth-order valence-corrected chi connectivity index (χ4v) is 4.84. The zero-order valence-electron chi connectivity index (χ0n) is 16.5. The molecule has 4 aromatic rings. The first-order chi connectivity index (χ1) is 14.6. The normalized spacial score (nSPS) is 11.1. The zero-order chi connectivity index (χ0) is 21.1. The molecule has 3 heterocycles. The third-order valence-electron chi connectivity index (χ3n) is 4.61. The van der Waals surface area contributed by atoms with E-state index in [4.69, 9.17) is 4.74 Å². The minimum absolute atomic E-state index is 0.153. The molecular weight excluding hydrogens is 420 g/mol. The van der Waals surface area contributed by atoms with Crippen molar-refractivity contribution in [3.63, 3.8) is 0 Å². The molecule has 1 N–H and O–H groups in total. The molecule has 1 aromatic carbocycles. The van der Waals surface area contributed by atoms with Crippen LogP contribution in [0.1, 0.15) is 21.2 Å². The van der Waals surface area contributed by atoms with Crippen molar-refractivity contribution in [2.45, 2.75) is 13.5 Å². The summed E-state index contributed by atoms with van der Waals surface area (Å²) in [5.74, 6) is 0.280. The summed E-state index contributed by atoms with van der Waals surface area (Å²) in [6.07, 6.45) is 0. The van der Waals surface area contributed by atoms with Gasteiger partial charge < -0.3 is 14.6 Å². The van der Waals surface area contributed by atoms with Gasteiger partial charge in [0.25, 0.3) is 11.5 Å². The summed E-state index contributed by atoms with van der Waals surface area (Å²) in [6, 6.07) is 9.13. The summed E-state index contributed by atoms with van der Waals surface area (Å²) in [7, 11) is 1.59. The lowest BCUT2D eigenvalue weighted by molar-refractivity contribution is 0.0679. The first kappa shape index (κ1) is 20.4. The molecule has 0 atom stereocenters. The summed E-state index contributed by atoms with van der Waals surface area (Å²) < 4.78 is 5.19. The number of carbonyl (C=O) groups is 1. The molecule has 0 fully saturated rings. The van der Waals surface area contributed by atoms with E-state index in [1.807, 2.05) is 29.8 Å². The topological polar surface area (TPSA) is 88.2 Å². The van der Waals surface area contributed by atoms with Crippen LogP contribution in [0, 0.1) is 6.92 Å². The van der Waals surface area contributed by atoms with E-state index in [1.54, 1.807) is 41.5 Å². The van der Waals surface area contributed by atoms with E-state index in [0.29, 0.717) is 40.5 Å². The highest BCUT2D eigenvalue weighted by Gasteiger charge is 2.23. The summed E-state index contributed by atoms with van der Waals surface area (Å²) in [5.41, 5.74) is 2.08. The number of aromatic amines is 1. The molecule has 7 nitrogen and oxygen atoms in total. The molecular formula is C21H20N4O3S2. The third-order valence-corrected chi connectivity index (χ3v) is 6.49. The van der Waals surface area contributed by atoms with Crippen LogP contribution in [-0.4, -0.2) is 46.0 Å². The van der Waals surface area contributed by atoms with Crippen LogP contribution in [0.3, 0.4) is 0 Å². The Labute approximate surface area is 181 Å². The van der Waals surface area contributed by atoms with E-state index < -0.39 is 0 Å². The van der Waals surface area contributed by atoms with E-state index in [-0.39, 0.29) is 18.0 Å². The highest BCUT2D eigenvalue weighted by atomic mass is 32.1. The number of nitrogens with zero attached hydrogens (tertiary/aromatic N) is 3. The second kappa shape index (κ2) is 8.86. The quantitative estimate of drug-likeness (QED) is 0.473. The molecule has 0 unspecified atom stereocenters. The second-order valence-electron chi connectivity index (χ2n) is 6.69. The number of thiophene rings is 1. The molecule has 9 heteroatoms. The Bertz CT molecular complexity index is 1230. The Hall–Kier alpha value is -2.88. The van der Waals surface area contributed by atoms with Gasteiger partial charge in [-0.2, -0.15) is 11.3 Å². The van der Waals surface area contributed by atoms with Crippen molar-refractivity contribution >= 4 is 39.5 Å². The monoisotopic (exact) mass is 440 g/mol. The first-order valence-electron chi connectivity index (χ1n) is 9.33. The van der Waals surface area contributed by atoms with Gasteiger partial charge in [0.2, 0.25) is 0 Å². The number of thiazole rings is 1. The third kappa shape index (κ3) is 4.18. The molecule has 3 aromatic heterocycles. The van der Waals surface area contributed by atoms with Crippen molar-refractivity contribution < 1.29 is 9.53 Å². The summed E-state index contributed by atoms with van der Waals surface area (Å²) in [6.45, 7) is 2.76. The number of rotatable bonds is 7. The maximum atomic E-state index is 13.3. The van der Waals surface area contributed by atoms with Crippen LogP contribution >= 0.6 is 22.7 Å². The molecule has 154 valence electrons. The lowest BCUT2D eigenvalue weighted by atomic mass is 10.2. The van der Waals surface area contributed by atoms with Gasteiger partial charge in [0.15, 0.2) is 0 Å². The Kier molecular flexibility index (Phi) is 6.03. The fourth-order valence-electron chi connectivity index (χ4n) is 3.09. The van der Waals surface area contributed by atoms with Crippen molar-refractivity contribution in [3.8, 4) is 10.6 Å². The van der Waals surface area contributed by atoms with Crippen LogP contribution in [0.15, 0.2) is 45.9 Å². The molecule has 0 saturated heterocycles. The smallest absolute Gasteiger partial charge is 0.266 e. The van der Waals surface area contributed by atoms with Crippen molar-refractivity contribution in [3.05, 3.63) is 67.8 Å². The van der Waals surface area contributed by atoms with Crippen LogP contribution in [0.4, 0.5) is 0 Å². The number of amides is 1. The number of benzene rings is 1. The summed E-state index contributed by atoms with van der Waals surface area (Å²) >= 11 is 2.97. The first-order valence-corrected chi connectivity index (χ1v) is 11.1. The Morgan fingerprint density at radius 3 is 2.83 bits per heavy atom. The highest BCUT2D eigenvalue weighted by molar-refractivity contribution is 7.17. The molecule has 0 aliphatic rings. The average molecular weight is 441 g/mol. The van der Waals surface area contributed by atoms with E-state index in [2.05, 4.69) is 15.0 Å². The average Bonchev–Trinajstić information content (AvgIpc) is 3.40. The van der Waals surface area contributed by atoms with Gasteiger partial charge in [-0.25, -0.2) is 9.97 Å². The van der Waals surface area contributed by atoms with E-state index in [1.165, 1.54) is 11.3 Å². The van der Waals surface area contributed by atoms with Crippen molar-refractivity contribution in [1.82, 2.24) is 19.9 Å². The fraction of sp³-hybridized carbons (Fsp3) is 0.238. The number of fused-ring (bicyclic) bond motifs is 1. The van der Waals surface area contributed by atoms with E-state index in [0.717, 1.165) is 10.6 Å². The van der Waals surface area contributed by atoms with Gasteiger partial charge in [0, 0.05) is 24.6 Å². The largest absolute Gasteiger partial charge is 0.383 e. The SMILES string of the molecule is COCCN(Cc1nc2ccccc2c(=O)[nH]1)C(=O)c1sc(-c2ccsc2)nc1C. The molecule has 0 aliphatic heterocycles. The number of hydrogen-bond donors (Lipinski definition) is 1. The molecule has 30 heavy (non-hydrogen) atoms. The minimum atomic E-state index is -0.219. The van der Waals surface area contributed by atoms with Crippen molar-refractivity contribution in [2.75, 3.05) is 20.3 Å². The number of ether oxygens (including phenoxy) is 1. The molecule has 0 bridgehead atoms. The standard InChI is InChI=1S/C21H20N4O3S2/c1-13-18(30-20(22-13)14-7-10-29-12-14)21(27)25(8-9-28-2)11-17-23-16-6-4-3-5-15(16)19(26)24-17/h3-7,10,12H,8-9,11H2,1-2H3,(H,23,24,26). The summed E-state index contributed by atoms with van der Waals surface area (Å²) in [4.78, 5) is 39.8. The molecule has 1 amide bonds. The van der Waals surface area contributed by atoms with Gasteiger partial charge in [-0.1, -0.05) is 12.1 Å². The molecule has 0 radical (unpaired) electrons. The predicted molar refractivity (Wildman–Crippen MR) is 119 cm³/mol. The molecule has 0 spiro atoms. The van der Waals surface area contributed by atoms with Crippen LogP contribution in [0.2, 0.25) is 0 Å². The number of methoxy groups -OCH3 is 1. The maximum absolute atomic E-state index is 13.3. The zero-order valence-corrected chi connectivity index (χ0v) is 18.2. The number of aromatic nitrogens is 3. The van der Waals surface area contributed by atoms with Crippen LogP contribution in [0.25, 0.3) is 21.5 Å². The Morgan fingerprint density at radius 1 is 1.23 bits per heavy atom. The molecule has 0 saturated carbocycles. The van der Waals surface area contributed by atoms with Crippen molar-refractivity contribution in [2.24, 2.45) is 0 Å². The molecule has 4 rings (SSSR count). The lowest BCUT2D eigenvalue weighted by Crippen LogP contribution is -2.34. The number of nitrogens with one attached hydrogen (secondary N) is 1. The summed E-state index contributed by atoms with van der Waals surface area (Å²) in [5, 5.41) is 5.34. The van der Waals surface area contributed by atoms with Gasteiger partial charge in [-0.3, -0.25) is 9.59 Å². The number of aryl methyl sites for hydroxylation is 1. The minimum Gasteiger partial charge on any atom is -0.383 e. The lowest BCUT2D eigenvalue weighted by Gasteiger charge is -2.21. The Morgan fingerprint density at radius 2 is 2.07 bits per heavy atom. The number of H-pyrrole nitrogens is 1. The highest BCUT2D eigenvalue weighted by Crippen LogP contribution is 2.30. The predicted octanol–water partition coefficient (Wildman–Crippen LogP) is 3.71. The van der Waals surface area contributed by atoms with Crippen LogP contribution in [-0.2, 0) is 11.3 Å². The van der Waals surface area contributed by atoms with Gasteiger partial charge >= 0.3 is 0 Å². The number of hydrogen-bond acceptors (Lipinski definition) is 7. The van der Waals surface area contributed by atoms with Gasteiger partial charge in [-0.05, 0) is 30.5 Å². The Balaban J connectivity index is 1.64. The second-order valence-corrected chi connectivity index (χ2v) is 8.47. The van der Waals surface area contributed by atoms with Gasteiger partial charge in [0.1, 0.15) is 15.7 Å². The van der Waals surface area contributed by atoms with Crippen molar-refractivity contribution in [1.29, 1.82) is 0 Å². The van der Waals surface area contributed by atoms with Crippen LogP contribution in [0.5, 0.6) is 0 Å². The van der Waals surface area contributed by atoms with Gasteiger partial charge in [0.05, 0.1) is 29.7 Å². The molecule has 0 aliphatic carbocycles. The van der Waals surface area contributed by atoms with Crippen LogP contribution < -0.4 is 5.56 Å². The van der Waals surface area contributed by atoms with E-state index in [9.17, 15) is 9.59 Å². The number of para-hydroxylation sites is 1. The number of carbonyl (C=O) groups excluding carboxylic acids is 1.